The monoisotopic (exact) mass is 296 g/mol. The van der Waals surface area contributed by atoms with Crippen molar-refractivity contribution in [3.63, 3.8) is 0 Å². The molecule has 1 saturated heterocycles. The molecular formula is C12H20N6O3. The maximum absolute atomic E-state index is 12.2. The number of carbonyl (C=O) groups excluding carboxylic acids is 1. The van der Waals surface area contributed by atoms with Gasteiger partial charge in [0.25, 0.3) is 0 Å². The molecular weight excluding hydrogens is 276 g/mol. The highest BCUT2D eigenvalue weighted by Crippen LogP contribution is 2.38. The zero-order valence-electron chi connectivity index (χ0n) is 12.3. The summed E-state index contributed by atoms with van der Waals surface area (Å²) in [6.07, 6.45) is 0.462. The van der Waals surface area contributed by atoms with Gasteiger partial charge in [-0.3, -0.25) is 4.79 Å². The molecule has 21 heavy (non-hydrogen) atoms. The van der Waals surface area contributed by atoms with Crippen molar-refractivity contribution in [2.45, 2.75) is 33.2 Å². The Morgan fingerprint density at radius 2 is 2.14 bits per heavy atom. The van der Waals surface area contributed by atoms with Crippen LogP contribution in [-0.2, 0) is 4.79 Å². The standard InChI is InChI=1S/C12H20N6O3/c1-7(2)12(10(19)20)4-5-18(6-12)11(21)13-8(3)9-14-16-17-15-9/h7-8H,4-6H2,1-3H3,(H,13,21)(H,19,20)(H,14,15,16,17). The zero-order valence-corrected chi connectivity index (χ0v) is 12.3. The normalized spacial score (nSPS) is 23.3. The van der Waals surface area contributed by atoms with Crippen LogP contribution in [0.5, 0.6) is 0 Å². The number of hydrogen-bond acceptors (Lipinski definition) is 5. The van der Waals surface area contributed by atoms with E-state index in [0.717, 1.165) is 0 Å². The van der Waals surface area contributed by atoms with Gasteiger partial charge in [-0.15, -0.1) is 10.2 Å². The van der Waals surface area contributed by atoms with Crippen molar-refractivity contribution in [3.05, 3.63) is 5.82 Å². The second-order valence-electron chi connectivity index (χ2n) is 5.73. The zero-order chi connectivity index (χ0) is 15.6. The minimum Gasteiger partial charge on any atom is -0.481 e. The number of H-pyrrole nitrogens is 1. The number of tetrazole rings is 1. The van der Waals surface area contributed by atoms with Gasteiger partial charge in [0.2, 0.25) is 0 Å². The Labute approximate surface area is 122 Å². The average molecular weight is 296 g/mol. The molecule has 1 fully saturated rings. The van der Waals surface area contributed by atoms with Gasteiger partial charge in [-0.1, -0.05) is 19.1 Å². The molecule has 1 aromatic heterocycles. The van der Waals surface area contributed by atoms with E-state index in [9.17, 15) is 14.7 Å². The van der Waals surface area contributed by atoms with Crippen LogP contribution in [-0.4, -0.2) is 55.7 Å². The molecule has 0 aromatic carbocycles. The van der Waals surface area contributed by atoms with Crippen LogP contribution in [0.25, 0.3) is 0 Å². The highest BCUT2D eigenvalue weighted by atomic mass is 16.4. The molecule has 1 aromatic rings. The number of carboxylic acids is 1. The third-order valence-corrected chi connectivity index (χ3v) is 4.21. The molecule has 0 radical (unpaired) electrons. The first-order valence-electron chi connectivity index (χ1n) is 6.89. The predicted octanol–water partition coefficient (Wildman–Crippen LogP) is 0.403. The predicted molar refractivity (Wildman–Crippen MR) is 72.2 cm³/mol. The van der Waals surface area contributed by atoms with Gasteiger partial charge in [0.1, 0.15) is 0 Å². The number of carboxylic acid groups (broad SMARTS) is 1. The van der Waals surface area contributed by atoms with Crippen molar-refractivity contribution in [1.82, 2.24) is 30.8 Å². The molecule has 2 heterocycles. The number of nitrogens with one attached hydrogen (secondary N) is 2. The van der Waals surface area contributed by atoms with E-state index < -0.39 is 17.4 Å². The molecule has 1 aliphatic heterocycles. The molecule has 0 spiro atoms. The quantitative estimate of drug-likeness (QED) is 0.739. The van der Waals surface area contributed by atoms with Crippen molar-refractivity contribution in [3.8, 4) is 0 Å². The minimum absolute atomic E-state index is 0.0394. The number of rotatable bonds is 4. The maximum atomic E-state index is 12.2. The maximum Gasteiger partial charge on any atom is 0.318 e. The first kappa shape index (κ1) is 15.2. The van der Waals surface area contributed by atoms with Gasteiger partial charge in [0.15, 0.2) is 5.82 Å². The number of nitrogens with zero attached hydrogens (tertiary/aromatic N) is 4. The fourth-order valence-electron chi connectivity index (χ4n) is 2.59. The fraction of sp³-hybridized carbons (Fsp3) is 0.750. The SMILES string of the molecule is CC(NC(=O)N1CCC(C(=O)O)(C(C)C)C1)c1nn[nH]n1. The molecule has 2 unspecified atom stereocenters. The van der Waals surface area contributed by atoms with Crippen molar-refractivity contribution < 1.29 is 14.7 Å². The Hall–Kier alpha value is -2.19. The van der Waals surface area contributed by atoms with Gasteiger partial charge in [0, 0.05) is 13.1 Å². The van der Waals surface area contributed by atoms with Gasteiger partial charge in [-0.25, -0.2) is 4.79 Å². The largest absolute Gasteiger partial charge is 0.481 e. The smallest absolute Gasteiger partial charge is 0.318 e. The first-order valence-corrected chi connectivity index (χ1v) is 6.89. The summed E-state index contributed by atoms with van der Waals surface area (Å²) in [7, 11) is 0. The van der Waals surface area contributed by atoms with Gasteiger partial charge >= 0.3 is 12.0 Å². The second-order valence-corrected chi connectivity index (χ2v) is 5.73. The number of hydrogen-bond donors (Lipinski definition) is 3. The summed E-state index contributed by atoms with van der Waals surface area (Å²) in [5, 5.41) is 25.6. The lowest BCUT2D eigenvalue weighted by Crippen LogP contribution is -2.44. The molecule has 2 atom stereocenters. The molecule has 0 aliphatic carbocycles. The van der Waals surface area contributed by atoms with E-state index >= 15 is 0 Å². The Bertz CT molecular complexity index is 517. The molecule has 0 bridgehead atoms. The van der Waals surface area contributed by atoms with E-state index in [1.807, 2.05) is 13.8 Å². The van der Waals surface area contributed by atoms with Crippen LogP contribution < -0.4 is 5.32 Å². The first-order chi connectivity index (χ1) is 9.86. The number of carbonyl (C=O) groups is 2. The summed E-state index contributed by atoms with van der Waals surface area (Å²) < 4.78 is 0. The number of aromatic amines is 1. The lowest BCUT2D eigenvalue weighted by Gasteiger charge is -2.28. The Morgan fingerprint density at radius 3 is 2.62 bits per heavy atom. The lowest BCUT2D eigenvalue weighted by molar-refractivity contribution is -0.150. The molecule has 9 nitrogen and oxygen atoms in total. The molecule has 1 aliphatic rings. The number of urea groups is 1. The summed E-state index contributed by atoms with van der Waals surface area (Å²) in [6, 6.07) is -0.703. The summed E-state index contributed by atoms with van der Waals surface area (Å²) in [5.41, 5.74) is -0.868. The third-order valence-electron chi connectivity index (χ3n) is 4.21. The van der Waals surface area contributed by atoms with Crippen molar-refractivity contribution in [1.29, 1.82) is 0 Å². The summed E-state index contributed by atoms with van der Waals surface area (Å²) in [5.74, 6) is -0.502. The number of aliphatic carboxylic acids is 1. The highest BCUT2D eigenvalue weighted by Gasteiger charge is 2.48. The van der Waals surface area contributed by atoms with Crippen molar-refractivity contribution >= 4 is 12.0 Å². The Kier molecular flexibility index (Phi) is 4.10. The fourth-order valence-corrected chi connectivity index (χ4v) is 2.59. The molecule has 116 valence electrons. The van der Waals surface area contributed by atoms with Gasteiger partial charge < -0.3 is 15.3 Å². The van der Waals surface area contributed by atoms with E-state index in [2.05, 4.69) is 25.9 Å². The Balaban J connectivity index is 2.00. The van der Waals surface area contributed by atoms with Gasteiger partial charge in [0.05, 0.1) is 11.5 Å². The third kappa shape index (κ3) is 2.81. The Morgan fingerprint density at radius 1 is 1.43 bits per heavy atom. The van der Waals surface area contributed by atoms with Crippen LogP contribution in [0.15, 0.2) is 0 Å². The van der Waals surface area contributed by atoms with Crippen LogP contribution in [0.2, 0.25) is 0 Å². The molecule has 3 N–H and O–H groups in total. The summed E-state index contributed by atoms with van der Waals surface area (Å²) in [4.78, 5) is 25.3. The van der Waals surface area contributed by atoms with E-state index in [-0.39, 0.29) is 18.5 Å². The average Bonchev–Trinajstić information content (AvgIpc) is 3.09. The van der Waals surface area contributed by atoms with Crippen LogP contribution in [0.3, 0.4) is 0 Å². The van der Waals surface area contributed by atoms with Crippen LogP contribution >= 0.6 is 0 Å². The second kappa shape index (κ2) is 5.66. The van der Waals surface area contributed by atoms with Gasteiger partial charge in [-0.2, -0.15) is 5.21 Å². The number of likely N-dealkylation sites (tertiary alicyclic amines) is 1. The summed E-state index contributed by atoms with van der Waals surface area (Å²) >= 11 is 0. The van der Waals surface area contributed by atoms with Crippen molar-refractivity contribution in [2.24, 2.45) is 11.3 Å². The molecule has 2 rings (SSSR count). The summed E-state index contributed by atoms with van der Waals surface area (Å²) in [6.45, 7) is 6.13. The van der Waals surface area contributed by atoms with E-state index in [1.165, 1.54) is 4.90 Å². The van der Waals surface area contributed by atoms with E-state index in [4.69, 9.17) is 0 Å². The number of aromatic nitrogens is 4. The molecule has 2 amide bonds. The minimum atomic E-state index is -0.868. The van der Waals surface area contributed by atoms with Crippen LogP contribution in [0.1, 0.15) is 39.1 Å². The lowest BCUT2D eigenvalue weighted by atomic mass is 9.76. The topological polar surface area (TPSA) is 124 Å². The van der Waals surface area contributed by atoms with E-state index in [1.54, 1.807) is 6.92 Å². The van der Waals surface area contributed by atoms with E-state index in [0.29, 0.717) is 18.8 Å². The molecule has 0 saturated carbocycles. The molecule has 9 heteroatoms. The van der Waals surface area contributed by atoms with Gasteiger partial charge in [-0.05, 0) is 19.3 Å². The number of amides is 2. The van der Waals surface area contributed by atoms with Crippen LogP contribution in [0, 0.1) is 11.3 Å². The highest BCUT2D eigenvalue weighted by molar-refractivity contribution is 5.80. The van der Waals surface area contributed by atoms with Crippen LogP contribution in [0.4, 0.5) is 4.79 Å². The van der Waals surface area contributed by atoms with Crippen molar-refractivity contribution in [2.75, 3.05) is 13.1 Å².